The largest absolute Gasteiger partial charge is 0.473 e. The summed E-state index contributed by atoms with van der Waals surface area (Å²) in [4.78, 5) is 33.1. The number of nitrogens with zero attached hydrogens (tertiary/aromatic N) is 1. The van der Waals surface area contributed by atoms with Gasteiger partial charge in [-0.25, -0.2) is 9.59 Å². The van der Waals surface area contributed by atoms with Gasteiger partial charge in [0.2, 0.25) is 0 Å². The number of aryl methyl sites for hydroxylation is 1. The summed E-state index contributed by atoms with van der Waals surface area (Å²) in [5.41, 5.74) is 3.95. The van der Waals surface area contributed by atoms with E-state index < -0.39 is 11.9 Å². The Labute approximate surface area is 181 Å². The molecule has 1 atom stereocenters. The monoisotopic (exact) mass is 434 g/mol. The standard InChI is InChI=1S/C20H25ClN2O.C2H2O4/c1-14-6-5-7-18(15(14)2)20(24)22-19(12-13-23(3)4)16-8-10-17(21)11-9-16;3-1(4)2(5)6/h5-11,19H,12-13H2,1-4H3,(H,22,24);(H,3,4)(H,5,6). The predicted octanol–water partition coefficient (Wildman–Crippen LogP) is 3.54. The second-order valence-corrected chi connectivity index (χ2v) is 7.46. The molecule has 8 heteroatoms. The minimum absolute atomic E-state index is 0.0325. The molecule has 0 aromatic heterocycles. The molecule has 0 saturated carbocycles. The number of carboxylic acid groups (broad SMARTS) is 2. The van der Waals surface area contributed by atoms with Crippen molar-refractivity contribution in [1.82, 2.24) is 10.2 Å². The molecule has 2 aromatic rings. The SMILES string of the molecule is Cc1cccc(C(=O)NC(CCN(C)C)c2ccc(Cl)cc2)c1C.O=C(O)C(=O)O. The van der Waals surface area contributed by atoms with Crippen LogP contribution in [0.2, 0.25) is 5.02 Å². The van der Waals surface area contributed by atoms with Crippen LogP contribution >= 0.6 is 11.6 Å². The fraction of sp³-hybridized carbons (Fsp3) is 0.318. The van der Waals surface area contributed by atoms with Gasteiger partial charge in [0.25, 0.3) is 5.91 Å². The summed E-state index contributed by atoms with van der Waals surface area (Å²) in [6.45, 7) is 4.90. The van der Waals surface area contributed by atoms with Crippen molar-refractivity contribution in [2.45, 2.75) is 26.3 Å². The highest BCUT2D eigenvalue weighted by atomic mass is 35.5. The summed E-state index contributed by atoms with van der Waals surface area (Å²) in [6.07, 6.45) is 0.839. The zero-order valence-electron chi connectivity index (χ0n) is 17.5. The third-order valence-corrected chi connectivity index (χ3v) is 4.73. The van der Waals surface area contributed by atoms with Gasteiger partial charge in [-0.2, -0.15) is 0 Å². The lowest BCUT2D eigenvalue weighted by atomic mass is 10.00. The highest BCUT2D eigenvalue weighted by Crippen LogP contribution is 2.21. The molecule has 0 bridgehead atoms. The second-order valence-electron chi connectivity index (χ2n) is 7.03. The Morgan fingerprint density at radius 3 is 2.07 bits per heavy atom. The predicted molar refractivity (Wildman–Crippen MR) is 116 cm³/mol. The maximum atomic E-state index is 12.8. The lowest BCUT2D eigenvalue weighted by Crippen LogP contribution is -2.31. The Morgan fingerprint density at radius 1 is 1.00 bits per heavy atom. The first-order valence-corrected chi connectivity index (χ1v) is 9.64. The van der Waals surface area contributed by atoms with E-state index in [0.717, 1.165) is 35.2 Å². The molecule has 162 valence electrons. The number of rotatable bonds is 6. The molecule has 0 heterocycles. The molecule has 2 aromatic carbocycles. The molecule has 0 fully saturated rings. The van der Waals surface area contributed by atoms with E-state index in [1.807, 2.05) is 70.4 Å². The Balaban J connectivity index is 0.000000656. The van der Waals surface area contributed by atoms with Crippen LogP contribution in [0.3, 0.4) is 0 Å². The van der Waals surface area contributed by atoms with Crippen LogP contribution in [-0.2, 0) is 9.59 Å². The zero-order valence-corrected chi connectivity index (χ0v) is 18.2. The van der Waals surface area contributed by atoms with Gasteiger partial charge >= 0.3 is 11.9 Å². The van der Waals surface area contributed by atoms with Crippen LogP contribution in [0.4, 0.5) is 0 Å². The highest BCUT2D eigenvalue weighted by Gasteiger charge is 2.17. The van der Waals surface area contributed by atoms with Crippen molar-refractivity contribution in [2.24, 2.45) is 0 Å². The Bertz CT molecular complexity index is 870. The summed E-state index contributed by atoms with van der Waals surface area (Å²) in [5, 5.41) is 18.7. The third-order valence-electron chi connectivity index (χ3n) is 4.47. The molecule has 0 saturated heterocycles. The number of halogens is 1. The Morgan fingerprint density at radius 2 is 1.57 bits per heavy atom. The number of hydrogen-bond donors (Lipinski definition) is 3. The molecule has 1 unspecified atom stereocenters. The van der Waals surface area contributed by atoms with E-state index in [4.69, 9.17) is 31.4 Å². The van der Waals surface area contributed by atoms with Gasteiger partial charge in [0, 0.05) is 10.6 Å². The number of aliphatic carboxylic acids is 2. The molecule has 3 N–H and O–H groups in total. The topological polar surface area (TPSA) is 107 Å². The molecular weight excluding hydrogens is 408 g/mol. The maximum Gasteiger partial charge on any atom is 0.414 e. The lowest BCUT2D eigenvalue weighted by Gasteiger charge is -2.22. The van der Waals surface area contributed by atoms with Gasteiger partial charge in [0.1, 0.15) is 0 Å². The number of nitrogens with one attached hydrogen (secondary N) is 1. The number of amides is 1. The molecule has 30 heavy (non-hydrogen) atoms. The molecular formula is C22H27ClN2O5. The average molecular weight is 435 g/mol. The van der Waals surface area contributed by atoms with Crippen LogP contribution in [0.1, 0.15) is 39.5 Å². The number of carbonyl (C=O) groups excluding carboxylic acids is 1. The molecule has 0 aliphatic rings. The van der Waals surface area contributed by atoms with E-state index in [1.54, 1.807) is 0 Å². The fourth-order valence-electron chi connectivity index (χ4n) is 2.64. The highest BCUT2D eigenvalue weighted by molar-refractivity contribution is 6.30. The molecule has 2 rings (SSSR count). The van der Waals surface area contributed by atoms with E-state index in [9.17, 15) is 4.79 Å². The maximum absolute atomic E-state index is 12.8. The van der Waals surface area contributed by atoms with E-state index in [-0.39, 0.29) is 11.9 Å². The molecule has 0 aliphatic heterocycles. The summed E-state index contributed by atoms with van der Waals surface area (Å²) in [5.74, 6) is -3.68. The molecule has 0 aliphatic carbocycles. The van der Waals surface area contributed by atoms with Crippen molar-refractivity contribution >= 4 is 29.4 Å². The van der Waals surface area contributed by atoms with Crippen LogP contribution in [0.5, 0.6) is 0 Å². The van der Waals surface area contributed by atoms with Crippen LogP contribution in [0, 0.1) is 13.8 Å². The first kappa shape index (κ1) is 25.1. The van der Waals surface area contributed by atoms with Gasteiger partial charge < -0.3 is 20.4 Å². The van der Waals surface area contributed by atoms with Gasteiger partial charge in [0.05, 0.1) is 6.04 Å². The van der Waals surface area contributed by atoms with Gasteiger partial charge in [0.15, 0.2) is 0 Å². The van der Waals surface area contributed by atoms with Crippen molar-refractivity contribution in [1.29, 1.82) is 0 Å². The molecule has 7 nitrogen and oxygen atoms in total. The van der Waals surface area contributed by atoms with Crippen molar-refractivity contribution in [3.05, 3.63) is 69.7 Å². The van der Waals surface area contributed by atoms with Gasteiger partial charge in [-0.3, -0.25) is 4.79 Å². The number of hydrogen-bond acceptors (Lipinski definition) is 4. The van der Waals surface area contributed by atoms with Crippen LogP contribution in [0.25, 0.3) is 0 Å². The van der Waals surface area contributed by atoms with Crippen LogP contribution < -0.4 is 5.32 Å². The van der Waals surface area contributed by atoms with Crippen LogP contribution in [0.15, 0.2) is 42.5 Å². The zero-order chi connectivity index (χ0) is 22.8. The van der Waals surface area contributed by atoms with Crippen molar-refractivity contribution in [3.8, 4) is 0 Å². The molecule has 1 amide bonds. The second kappa shape index (κ2) is 11.9. The van der Waals surface area contributed by atoms with E-state index >= 15 is 0 Å². The minimum atomic E-state index is -1.82. The molecule has 0 spiro atoms. The van der Waals surface area contributed by atoms with Crippen molar-refractivity contribution in [2.75, 3.05) is 20.6 Å². The Kier molecular flexibility index (Phi) is 10.0. The number of carboxylic acids is 2. The lowest BCUT2D eigenvalue weighted by molar-refractivity contribution is -0.159. The van der Waals surface area contributed by atoms with E-state index in [2.05, 4.69) is 10.2 Å². The first-order chi connectivity index (χ1) is 14.0. The van der Waals surface area contributed by atoms with Crippen molar-refractivity contribution in [3.63, 3.8) is 0 Å². The summed E-state index contributed by atoms with van der Waals surface area (Å²) >= 11 is 5.99. The van der Waals surface area contributed by atoms with Gasteiger partial charge in [-0.05, 0) is 75.8 Å². The Hall–Kier alpha value is -2.90. The fourth-order valence-corrected chi connectivity index (χ4v) is 2.76. The smallest absolute Gasteiger partial charge is 0.414 e. The van der Waals surface area contributed by atoms with Gasteiger partial charge in [-0.15, -0.1) is 0 Å². The van der Waals surface area contributed by atoms with Gasteiger partial charge in [-0.1, -0.05) is 35.9 Å². The average Bonchev–Trinajstić information content (AvgIpc) is 2.68. The van der Waals surface area contributed by atoms with Crippen LogP contribution in [-0.4, -0.2) is 53.6 Å². The van der Waals surface area contributed by atoms with Crippen molar-refractivity contribution < 1.29 is 24.6 Å². The molecule has 0 radical (unpaired) electrons. The first-order valence-electron chi connectivity index (χ1n) is 9.26. The summed E-state index contributed by atoms with van der Waals surface area (Å²) < 4.78 is 0. The number of benzene rings is 2. The third kappa shape index (κ3) is 8.23. The normalized spacial score (nSPS) is 11.3. The number of carbonyl (C=O) groups is 3. The summed E-state index contributed by atoms with van der Waals surface area (Å²) in [6, 6.07) is 13.5. The quantitative estimate of drug-likeness (QED) is 0.600. The van der Waals surface area contributed by atoms with E-state index in [0.29, 0.717) is 5.02 Å². The minimum Gasteiger partial charge on any atom is -0.473 e. The summed E-state index contributed by atoms with van der Waals surface area (Å²) in [7, 11) is 4.07. The van der Waals surface area contributed by atoms with E-state index in [1.165, 1.54) is 0 Å².